The molecule has 3 nitrogen and oxygen atoms in total. The van der Waals surface area contributed by atoms with Crippen LogP contribution >= 0.6 is 12.2 Å². The van der Waals surface area contributed by atoms with Gasteiger partial charge in [0.2, 0.25) is 0 Å². The molecule has 73 valence electrons. The van der Waals surface area contributed by atoms with Gasteiger partial charge in [0, 0.05) is 56.2 Å². The summed E-state index contributed by atoms with van der Waals surface area (Å²) >= 11 is 4.82. The fraction of sp³-hybridized carbons (Fsp3) is 0.857. The van der Waals surface area contributed by atoms with Crippen LogP contribution in [0.25, 0.3) is 0 Å². The van der Waals surface area contributed by atoms with E-state index in [4.69, 9.17) is 25.5 Å². The molecule has 0 aromatic heterocycles. The Labute approximate surface area is 109 Å². The van der Waals surface area contributed by atoms with Gasteiger partial charge in [0.1, 0.15) is 5.05 Å². The van der Waals surface area contributed by atoms with Gasteiger partial charge in [-0.3, -0.25) is 0 Å². The predicted octanol–water partition coefficient (Wildman–Crippen LogP) is 1.61. The number of rotatable bonds is 5. The van der Waals surface area contributed by atoms with E-state index in [2.05, 4.69) is 0 Å². The van der Waals surface area contributed by atoms with Gasteiger partial charge < -0.3 is 13.3 Å². The van der Waals surface area contributed by atoms with Crippen molar-refractivity contribution < 1.29 is 13.3 Å². The van der Waals surface area contributed by atoms with Gasteiger partial charge >= 0.3 is 8.80 Å². The molecule has 0 aliphatic heterocycles. The molecule has 0 rings (SSSR count). The molecular formula is C7H16NaO3SSi. The first-order chi connectivity index (χ1) is 5.54. The molecule has 0 aromatic rings. The molecule has 0 saturated carbocycles. The monoisotopic (exact) mass is 231 g/mol. The zero-order chi connectivity index (χ0) is 9.61. The van der Waals surface area contributed by atoms with Gasteiger partial charge in [-0.05, 0) is 26.1 Å². The van der Waals surface area contributed by atoms with Gasteiger partial charge in [-0.2, -0.15) is 0 Å². The van der Waals surface area contributed by atoms with Crippen LogP contribution in [-0.2, 0) is 13.3 Å². The van der Waals surface area contributed by atoms with Gasteiger partial charge in [-0.15, -0.1) is 0 Å². The Morgan fingerprint density at radius 2 is 1.62 bits per heavy atom. The fourth-order valence-electron chi connectivity index (χ4n) is 0.886. The Morgan fingerprint density at radius 1 is 1.23 bits per heavy atom. The van der Waals surface area contributed by atoms with E-state index in [1.807, 2.05) is 20.4 Å². The van der Waals surface area contributed by atoms with E-state index in [-0.39, 0.29) is 29.6 Å². The second-order valence-electron chi connectivity index (χ2n) is 2.32. The SMILES string of the molecule is CCO[Si](C)(OCC)OC(C)=S.[Na]. The smallest absolute Gasteiger partial charge is 0.495 e. The first-order valence-electron chi connectivity index (χ1n) is 4.01. The minimum Gasteiger partial charge on any atom is -0.495 e. The van der Waals surface area contributed by atoms with Crippen molar-refractivity contribution in [3.05, 3.63) is 0 Å². The largest absolute Gasteiger partial charge is 0.563 e. The Balaban J connectivity index is 0. The summed E-state index contributed by atoms with van der Waals surface area (Å²) < 4.78 is 16.1. The number of hydrogen-bond acceptors (Lipinski definition) is 4. The third-order valence-electron chi connectivity index (χ3n) is 1.14. The van der Waals surface area contributed by atoms with Crippen LogP contribution in [0.2, 0.25) is 6.55 Å². The Morgan fingerprint density at radius 3 is 1.85 bits per heavy atom. The van der Waals surface area contributed by atoms with Crippen LogP contribution in [0.3, 0.4) is 0 Å². The molecule has 6 heteroatoms. The molecule has 0 aliphatic rings. The predicted molar refractivity (Wildman–Crippen MR) is 60.0 cm³/mol. The summed E-state index contributed by atoms with van der Waals surface area (Å²) in [6.07, 6.45) is 0. The summed E-state index contributed by atoms with van der Waals surface area (Å²) in [5.74, 6) is 0. The van der Waals surface area contributed by atoms with Crippen LogP contribution < -0.4 is 0 Å². The minimum absolute atomic E-state index is 0. The summed E-state index contributed by atoms with van der Waals surface area (Å²) in [7, 11) is -2.45. The molecular weight excluding hydrogens is 215 g/mol. The molecule has 0 heterocycles. The Hall–Kier alpha value is 1.03. The van der Waals surface area contributed by atoms with Crippen molar-refractivity contribution >= 4 is 55.6 Å². The molecule has 0 aliphatic carbocycles. The summed E-state index contributed by atoms with van der Waals surface area (Å²) in [5.41, 5.74) is 0. The van der Waals surface area contributed by atoms with E-state index in [1.165, 1.54) is 0 Å². The summed E-state index contributed by atoms with van der Waals surface area (Å²) in [6, 6.07) is 0. The Bertz CT molecular complexity index is 151. The quantitative estimate of drug-likeness (QED) is 0.531. The summed E-state index contributed by atoms with van der Waals surface area (Å²) in [4.78, 5) is 0. The zero-order valence-corrected chi connectivity index (χ0v) is 12.9. The molecule has 13 heavy (non-hydrogen) atoms. The third-order valence-corrected chi connectivity index (χ3v) is 3.68. The van der Waals surface area contributed by atoms with Crippen LogP contribution in [0, 0.1) is 0 Å². The zero-order valence-electron chi connectivity index (χ0n) is 9.05. The maximum atomic E-state index is 5.39. The molecule has 0 saturated heterocycles. The Kier molecular flexibility index (Phi) is 10.6. The van der Waals surface area contributed by atoms with E-state index in [0.717, 1.165) is 0 Å². The molecule has 0 atom stereocenters. The van der Waals surface area contributed by atoms with Crippen molar-refractivity contribution in [1.29, 1.82) is 0 Å². The molecule has 0 fully saturated rings. The minimum atomic E-state index is -2.45. The molecule has 0 amide bonds. The molecule has 0 unspecified atom stereocenters. The fourth-order valence-corrected chi connectivity index (χ4v) is 3.11. The van der Waals surface area contributed by atoms with Crippen LogP contribution in [0.1, 0.15) is 20.8 Å². The number of thiocarbonyl (C=S) groups is 1. The second kappa shape index (κ2) is 8.34. The summed E-state index contributed by atoms with van der Waals surface area (Å²) in [6.45, 7) is 8.56. The van der Waals surface area contributed by atoms with E-state index in [9.17, 15) is 0 Å². The van der Waals surface area contributed by atoms with E-state index in [0.29, 0.717) is 18.3 Å². The topological polar surface area (TPSA) is 27.7 Å². The van der Waals surface area contributed by atoms with Gasteiger partial charge in [0.15, 0.2) is 0 Å². The average Bonchev–Trinajstić information content (AvgIpc) is 1.85. The maximum absolute atomic E-state index is 5.39. The second-order valence-corrected chi connectivity index (χ2v) is 5.40. The molecule has 0 spiro atoms. The standard InChI is InChI=1S/C7H16O3SSi.Na/c1-5-8-12(4,9-6-2)10-7(3)11;/h5-6H2,1-4H3;. The van der Waals surface area contributed by atoms with Crippen molar-refractivity contribution in [1.82, 2.24) is 0 Å². The molecule has 0 N–H and O–H groups in total. The molecule has 1 radical (unpaired) electrons. The van der Waals surface area contributed by atoms with Crippen molar-refractivity contribution in [2.75, 3.05) is 13.2 Å². The van der Waals surface area contributed by atoms with Crippen molar-refractivity contribution in [2.45, 2.75) is 27.3 Å². The van der Waals surface area contributed by atoms with Gasteiger partial charge in [0.25, 0.3) is 0 Å². The van der Waals surface area contributed by atoms with E-state index in [1.54, 1.807) is 6.92 Å². The van der Waals surface area contributed by atoms with E-state index < -0.39 is 8.80 Å². The van der Waals surface area contributed by atoms with Crippen LogP contribution in [0.15, 0.2) is 0 Å². The van der Waals surface area contributed by atoms with Crippen molar-refractivity contribution in [3.63, 3.8) is 0 Å². The van der Waals surface area contributed by atoms with Crippen molar-refractivity contribution in [2.24, 2.45) is 0 Å². The first-order valence-corrected chi connectivity index (χ1v) is 6.65. The summed E-state index contributed by atoms with van der Waals surface area (Å²) in [5, 5.41) is 0.478. The normalized spacial score (nSPS) is 10.5. The van der Waals surface area contributed by atoms with Crippen molar-refractivity contribution in [3.8, 4) is 0 Å². The van der Waals surface area contributed by atoms with Gasteiger partial charge in [-0.1, -0.05) is 0 Å². The van der Waals surface area contributed by atoms with Gasteiger partial charge in [0.05, 0.1) is 0 Å². The van der Waals surface area contributed by atoms with Crippen LogP contribution in [0.5, 0.6) is 0 Å². The van der Waals surface area contributed by atoms with E-state index >= 15 is 0 Å². The van der Waals surface area contributed by atoms with Gasteiger partial charge in [-0.25, -0.2) is 0 Å². The first kappa shape index (κ1) is 16.5. The number of hydrogen-bond donors (Lipinski definition) is 0. The third kappa shape index (κ3) is 8.05. The molecule has 0 aromatic carbocycles. The average molecular weight is 231 g/mol. The van der Waals surface area contributed by atoms with Crippen LogP contribution in [-0.4, -0.2) is 56.6 Å². The van der Waals surface area contributed by atoms with Crippen LogP contribution in [0.4, 0.5) is 0 Å². The molecule has 0 bridgehead atoms. The maximum Gasteiger partial charge on any atom is 0.563 e.